The van der Waals surface area contributed by atoms with Crippen LogP contribution in [0.2, 0.25) is 0 Å². The highest BCUT2D eigenvalue weighted by atomic mass is 19.1. The second kappa shape index (κ2) is 8.05. The van der Waals surface area contributed by atoms with Gasteiger partial charge in [0.25, 0.3) is 11.8 Å². The lowest BCUT2D eigenvalue weighted by molar-refractivity contribution is -0.169. The van der Waals surface area contributed by atoms with Gasteiger partial charge in [0.2, 0.25) is 5.43 Å². The van der Waals surface area contributed by atoms with Crippen LogP contribution >= 0.6 is 0 Å². The third kappa shape index (κ3) is 3.56. The van der Waals surface area contributed by atoms with Crippen molar-refractivity contribution in [2.24, 2.45) is 5.92 Å². The van der Waals surface area contributed by atoms with Gasteiger partial charge in [-0.3, -0.25) is 14.4 Å². The summed E-state index contributed by atoms with van der Waals surface area (Å²) < 4.78 is 20.7. The minimum absolute atomic E-state index is 0.0859. The van der Waals surface area contributed by atoms with Crippen molar-refractivity contribution in [3.8, 4) is 5.75 Å². The molecule has 9 heteroatoms. The maximum Gasteiger partial charge on any atom is 0.276 e. The first-order valence-corrected chi connectivity index (χ1v) is 10.9. The van der Waals surface area contributed by atoms with E-state index in [4.69, 9.17) is 4.74 Å². The zero-order valence-electron chi connectivity index (χ0n) is 17.4. The second-order valence-electron chi connectivity index (χ2n) is 8.66. The van der Waals surface area contributed by atoms with E-state index in [1.165, 1.54) is 35.0 Å². The van der Waals surface area contributed by atoms with E-state index in [2.05, 4.69) is 5.32 Å². The Balaban J connectivity index is 1.40. The number of hydrogen-bond donors (Lipinski definition) is 2. The lowest BCUT2D eigenvalue weighted by atomic mass is 9.84. The van der Waals surface area contributed by atoms with Gasteiger partial charge in [-0.15, -0.1) is 0 Å². The predicted octanol–water partition coefficient (Wildman–Crippen LogP) is 1.99. The number of nitrogens with one attached hydrogen (secondary N) is 1. The third-order valence-electron chi connectivity index (χ3n) is 6.63. The number of benzene rings is 1. The molecule has 3 heterocycles. The van der Waals surface area contributed by atoms with Gasteiger partial charge in [-0.25, -0.2) is 4.39 Å². The normalized spacial score (nSPS) is 24.3. The molecule has 2 unspecified atom stereocenters. The molecule has 1 aromatic heterocycles. The van der Waals surface area contributed by atoms with Gasteiger partial charge in [0.05, 0.1) is 12.6 Å². The molecule has 1 saturated carbocycles. The van der Waals surface area contributed by atoms with Crippen LogP contribution in [-0.2, 0) is 17.8 Å². The smallest absolute Gasteiger partial charge is 0.276 e. The summed E-state index contributed by atoms with van der Waals surface area (Å²) >= 11 is 0. The Morgan fingerprint density at radius 3 is 2.69 bits per heavy atom. The molecule has 3 atom stereocenters. The molecule has 0 spiro atoms. The first-order chi connectivity index (χ1) is 15.4. The van der Waals surface area contributed by atoms with Crippen LogP contribution in [0.3, 0.4) is 0 Å². The summed E-state index contributed by atoms with van der Waals surface area (Å²) in [6.07, 6.45) is 5.08. The summed E-state index contributed by atoms with van der Waals surface area (Å²) in [4.78, 5) is 40.1. The van der Waals surface area contributed by atoms with Gasteiger partial charge in [-0.1, -0.05) is 25.0 Å². The molecular formula is C23H24FN3O5. The van der Waals surface area contributed by atoms with Gasteiger partial charge < -0.3 is 24.6 Å². The highest BCUT2D eigenvalue weighted by Gasteiger charge is 2.44. The van der Waals surface area contributed by atoms with Gasteiger partial charge in [-0.05, 0) is 30.5 Å². The fourth-order valence-electron chi connectivity index (χ4n) is 4.93. The number of fused-ring (bicyclic) bond motifs is 3. The SMILES string of the molecule is O=C(NCc1ccc(F)cc1)c1cn2c(c(O)c1=O)C(=O)N1CC3CCCCC3O[C@@H]1C2. The molecule has 1 aromatic carbocycles. The molecule has 1 saturated heterocycles. The molecular weight excluding hydrogens is 417 g/mol. The molecule has 0 radical (unpaired) electrons. The molecule has 5 rings (SSSR count). The Bertz CT molecular complexity index is 1130. The van der Waals surface area contributed by atoms with Crippen LogP contribution in [0.1, 0.15) is 52.1 Å². The monoisotopic (exact) mass is 441 g/mol. The number of aromatic nitrogens is 1. The first-order valence-electron chi connectivity index (χ1n) is 10.9. The van der Waals surface area contributed by atoms with Gasteiger partial charge in [0, 0.05) is 25.2 Å². The number of pyridine rings is 1. The van der Waals surface area contributed by atoms with Gasteiger partial charge >= 0.3 is 0 Å². The lowest BCUT2D eigenvalue weighted by Crippen LogP contribution is -2.59. The molecule has 8 nitrogen and oxygen atoms in total. The summed E-state index contributed by atoms with van der Waals surface area (Å²) in [5.41, 5.74) is -0.612. The van der Waals surface area contributed by atoms with Crippen molar-refractivity contribution >= 4 is 11.8 Å². The quantitative estimate of drug-likeness (QED) is 0.759. The molecule has 2 amide bonds. The van der Waals surface area contributed by atoms with Crippen LogP contribution in [0.4, 0.5) is 4.39 Å². The Morgan fingerprint density at radius 1 is 1.16 bits per heavy atom. The zero-order valence-corrected chi connectivity index (χ0v) is 17.4. The average molecular weight is 441 g/mol. The summed E-state index contributed by atoms with van der Waals surface area (Å²) in [6.45, 7) is 0.862. The van der Waals surface area contributed by atoms with E-state index in [0.29, 0.717) is 12.1 Å². The van der Waals surface area contributed by atoms with Crippen molar-refractivity contribution in [1.82, 2.24) is 14.8 Å². The minimum atomic E-state index is -0.895. The number of ether oxygens (including phenoxy) is 1. The molecule has 2 aromatic rings. The summed E-state index contributed by atoms with van der Waals surface area (Å²) in [5.74, 6) is -1.99. The van der Waals surface area contributed by atoms with E-state index in [-0.39, 0.29) is 42.2 Å². The number of nitrogens with zero attached hydrogens (tertiary/aromatic N) is 2. The molecule has 2 N–H and O–H groups in total. The molecule has 168 valence electrons. The molecule has 0 bridgehead atoms. The van der Waals surface area contributed by atoms with Crippen molar-refractivity contribution in [2.45, 2.75) is 51.1 Å². The zero-order chi connectivity index (χ0) is 22.4. The van der Waals surface area contributed by atoms with E-state index < -0.39 is 29.2 Å². The maximum absolute atomic E-state index is 13.1. The second-order valence-corrected chi connectivity index (χ2v) is 8.66. The number of hydrogen-bond acceptors (Lipinski definition) is 5. The summed E-state index contributed by atoms with van der Waals surface area (Å²) in [7, 11) is 0. The van der Waals surface area contributed by atoms with Crippen LogP contribution < -0.4 is 10.7 Å². The number of amides is 2. The fourth-order valence-corrected chi connectivity index (χ4v) is 4.93. The number of rotatable bonds is 3. The molecule has 3 aliphatic rings. The van der Waals surface area contributed by atoms with E-state index in [0.717, 1.165) is 25.7 Å². The Kier molecular flexibility index (Phi) is 5.21. The van der Waals surface area contributed by atoms with Crippen LogP contribution in [0.5, 0.6) is 5.75 Å². The van der Waals surface area contributed by atoms with Crippen LogP contribution in [0, 0.1) is 11.7 Å². The van der Waals surface area contributed by atoms with Crippen molar-refractivity contribution in [1.29, 1.82) is 0 Å². The van der Waals surface area contributed by atoms with E-state index in [1.807, 2.05) is 0 Å². The first kappa shape index (κ1) is 20.7. The molecule has 2 aliphatic heterocycles. The number of aromatic hydroxyl groups is 1. The third-order valence-corrected chi connectivity index (χ3v) is 6.63. The topological polar surface area (TPSA) is 101 Å². The number of halogens is 1. The van der Waals surface area contributed by atoms with Crippen LogP contribution in [0.15, 0.2) is 35.3 Å². The van der Waals surface area contributed by atoms with E-state index in [9.17, 15) is 23.9 Å². The van der Waals surface area contributed by atoms with Crippen molar-refractivity contribution in [3.63, 3.8) is 0 Å². The van der Waals surface area contributed by atoms with Gasteiger partial charge in [0.15, 0.2) is 17.7 Å². The molecule has 2 fully saturated rings. The fraction of sp³-hybridized carbons (Fsp3) is 0.435. The number of carbonyl (C=O) groups is 2. The van der Waals surface area contributed by atoms with Crippen molar-refractivity contribution < 1.29 is 23.8 Å². The molecule has 32 heavy (non-hydrogen) atoms. The van der Waals surface area contributed by atoms with Crippen LogP contribution in [-0.4, -0.2) is 45.3 Å². The van der Waals surface area contributed by atoms with Crippen molar-refractivity contribution in [3.05, 3.63) is 63.3 Å². The van der Waals surface area contributed by atoms with Gasteiger partial charge in [-0.2, -0.15) is 0 Å². The number of carbonyl (C=O) groups excluding carboxylic acids is 2. The summed E-state index contributed by atoms with van der Waals surface area (Å²) in [6, 6.07) is 5.61. The lowest BCUT2D eigenvalue weighted by Gasteiger charge is -2.48. The Morgan fingerprint density at radius 2 is 1.91 bits per heavy atom. The standard InChI is InChI=1S/C23H24FN3O5/c24-15-7-5-13(6-8-15)9-25-22(30)16-11-26-12-18-27(23(31)19(26)21(29)20(16)28)10-14-3-1-2-4-17(14)32-18/h5-8,11,14,17-18,29H,1-4,9-10,12H2,(H,25,30)/t14?,17?,18-/m1/s1. The van der Waals surface area contributed by atoms with Crippen molar-refractivity contribution in [2.75, 3.05) is 6.54 Å². The minimum Gasteiger partial charge on any atom is -0.503 e. The van der Waals surface area contributed by atoms with E-state index in [1.54, 1.807) is 4.90 Å². The van der Waals surface area contributed by atoms with Gasteiger partial charge in [0.1, 0.15) is 11.4 Å². The Hall–Kier alpha value is -3.20. The van der Waals surface area contributed by atoms with E-state index >= 15 is 0 Å². The maximum atomic E-state index is 13.1. The average Bonchev–Trinajstić information content (AvgIpc) is 2.79. The Labute approximate surface area is 183 Å². The predicted molar refractivity (Wildman–Crippen MR) is 112 cm³/mol. The summed E-state index contributed by atoms with van der Waals surface area (Å²) in [5, 5.41) is 13.1. The largest absolute Gasteiger partial charge is 0.503 e. The van der Waals surface area contributed by atoms with Crippen LogP contribution in [0.25, 0.3) is 0 Å². The highest BCUT2D eigenvalue weighted by Crippen LogP contribution is 2.36. The highest BCUT2D eigenvalue weighted by molar-refractivity contribution is 5.99. The molecule has 1 aliphatic carbocycles.